The van der Waals surface area contributed by atoms with Gasteiger partial charge in [0, 0.05) is 24.5 Å². The molecule has 4 heteroatoms. The Bertz CT molecular complexity index is 417. The Kier molecular flexibility index (Phi) is 4.75. The lowest BCUT2D eigenvalue weighted by atomic mass is 10.1. The molecule has 1 aliphatic heterocycles. The standard InChI is InChI=1S/C15H26N4/c1-5-19-7-6-13(10-19)9-16-15-17-12(4)8-14(18-15)11(2)3/h8,11,13H,5-7,9-10H2,1-4H3,(H,16,17,18). The van der Waals surface area contributed by atoms with Gasteiger partial charge in [-0.25, -0.2) is 9.97 Å². The van der Waals surface area contributed by atoms with Crippen LogP contribution in [0.4, 0.5) is 5.95 Å². The first-order valence-electron chi connectivity index (χ1n) is 7.40. The predicted molar refractivity (Wildman–Crippen MR) is 79.6 cm³/mol. The van der Waals surface area contributed by atoms with Crippen LogP contribution in [0.25, 0.3) is 0 Å². The van der Waals surface area contributed by atoms with E-state index in [0.717, 1.165) is 36.3 Å². The van der Waals surface area contributed by atoms with Crippen LogP contribution in [0.15, 0.2) is 6.07 Å². The second-order valence-electron chi connectivity index (χ2n) is 5.84. The summed E-state index contributed by atoms with van der Waals surface area (Å²) in [5.74, 6) is 1.97. The van der Waals surface area contributed by atoms with Crippen LogP contribution in [-0.2, 0) is 0 Å². The maximum Gasteiger partial charge on any atom is 0.223 e. The summed E-state index contributed by atoms with van der Waals surface area (Å²) < 4.78 is 0. The second-order valence-corrected chi connectivity index (χ2v) is 5.84. The Morgan fingerprint density at radius 2 is 2.21 bits per heavy atom. The molecule has 1 aromatic heterocycles. The molecule has 2 rings (SSSR count). The van der Waals surface area contributed by atoms with Crippen LogP contribution >= 0.6 is 0 Å². The van der Waals surface area contributed by atoms with Gasteiger partial charge in [-0.3, -0.25) is 0 Å². The number of likely N-dealkylation sites (tertiary alicyclic amines) is 1. The number of aryl methyl sites for hydroxylation is 1. The first-order valence-corrected chi connectivity index (χ1v) is 7.40. The average molecular weight is 262 g/mol. The van der Waals surface area contributed by atoms with E-state index in [2.05, 4.69) is 47.0 Å². The lowest BCUT2D eigenvalue weighted by Crippen LogP contribution is -2.23. The van der Waals surface area contributed by atoms with Gasteiger partial charge in [-0.2, -0.15) is 0 Å². The fourth-order valence-corrected chi connectivity index (χ4v) is 2.57. The molecule has 1 aliphatic rings. The van der Waals surface area contributed by atoms with Crippen molar-refractivity contribution in [2.45, 2.75) is 40.0 Å². The highest BCUT2D eigenvalue weighted by Crippen LogP contribution is 2.17. The van der Waals surface area contributed by atoms with E-state index in [-0.39, 0.29) is 0 Å². The molecule has 1 saturated heterocycles. The minimum absolute atomic E-state index is 0.448. The van der Waals surface area contributed by atoms with Crippen LogP contribution in [0, 0.1) is 12.8 Å². The molecule has 0 aliphatic carbocycles. The van der Waals surface area contributed by atoms with E-state index < -0.39 is 0 Å². The summed E-state index contributed by atoms with van der Waals surface area (Å²) in [4.78, 5) is 11.6. The maximum absolute atomic E-state index is 4.60. The second kappa shape index (κ2) is 6.33. The largest absolute Gasteiger partial charge is 0.354 e. The molecule has 0 saturated carbocycles. The molecule has 0 radical (unpaired) electrons. The number of nitrogens with one attached hydrogen (secondary N) is 1. The highest BCUT2D eigenvalue weighted by Gasteiger charge is 2.21. The van der Waals surface area contributed by atoms with E-state index in [9.17, 15) is 0 Å². The molecule has 1 fully saturated rings. The molecule has 0 spiro atoms. The number of hydrogen-bond acceptors (Lipinski definition) is 4. The van der Waals surface area contributed by atoms with Crippen molar-refractivity contribution in [3.05, 3.63) is 17.5 Å². The van der Waals surface area contributed by atoms with Crippen molar-refractivity contribution in [2.75, 3.05) is 31.5 Å². The number of anilines is 1. The third-order valence-electron chi connectivity index (χ3n) is 3.83. The summed E-state index contributed by atoms with van der Waals surface area (Å²) in [7, 11) is 0. The lowest BCUT2D eigenvalue weighted by Gasteiger charge is -2.14. The predicted octanol–water partition coefficient (Wildman–Crippen LogP) is 2.66. The molecule has 1 aromatic rings. The molecule has 4 nitrogen and oxygen atoms in total. The normalized spacial score (nSPS) is 20.2. The number of hydrogen-bond donors (Lipinski definition) is 1. The van der Waals surface area contributed by atoms with Crippen molar-refractivity contribution in [3.63, 3.8) is 0 Å². The molecule has 0 bridgehead atoms. The van der Waals surface area contributed by atoms with Crippen molar-refractivity contribution < 1.29 is 0 Å². The first kappa shape index (κ1) is 14.3. The van der Waals surface area contributed by atoms with Crippen LogP contribution in [0.1, 0.15) is 44.5 Å². The highest BCUT2D eigenvalue weighted by molar-refractivity contribution is 5.29. The molecule has 0 amide bonds. The molecule has 0 aromatic carbocycles. The third-order valence-corrected chi connectivity index (χ3v) is 3.83. The van der Waals surface area contributed by atoms with Crippen molar-refractivity contribution >= 4 is 5.95 Å². The lowest BCUT2D eigenvalue weighted by molar-refractivity contribution is 0.345. The SMILES string of the molecule is CCN1CCC(CNc2nc(C)cc(C(C)C)n2)C1. The van der Waals surface area contributed by atoms with Crippen LogP contribution in [0.3, 0.4) is 0 Å². The van der Waals surface area contributed by atoms with Gasteiger partial charge in [0.1, 0.15) is 0 Å². The van der Waals surface area contributed by atoms with Gasteiger partial charge in [-0.05, 0) is 44.3 Å². The van der Waals surface area contributed by atoms with E-state index >= 15 is 0 Å². The van der Waals surface area contributed by atoms with E-state index in [1.165, 1.54) is 19.5 Å². The monoisotopic (exact) mass is 262 g/mol. The number of rotatable bonds is 5. The molecule has 2 heterocycles. The smallest absolute Gasteiger partial charge is 0.223 e. The zero-order valence-electron chi connectivity index (χ0n) is 12.6. The topological polar surface area (TPSA) is 41.0 Å². The fraction of sp³-hybridized carbons (Fsp3) is 0.733. The van der Waals surface area contributed by atoms with Gasteiger partial charge in [-0.15, -0.1) is 0 Å². The van der Waals surface area contributed by atoms with Crippen LogP contribution < -0.4 is 5.32 Å². The summed E-state index contributed by atoms with van der Waals surface area (Å²) in [5, 5.41) is 3.42. The fourth-order valence-electron chi connectivity index (χ4n) is 2.57. The Morgan fingerprint density at radius 3 is 2.84 bits per heavy atom. The zero-order valence-corrected chi connectivity index (χ0v) is 12.6. The van der Waals surface area contributed by atoms with Crippen LogP contribution in [0.5, 0.6) is 0 Å². The van der Waals surface area contributed by atoms with Gasteiger partial charge < -0.3 is 10.2 Å². The minimum Gasteiger partial charge on any atom is -0.354 e. The molecule has 19 heavy (non-hydrogen) atoms. The van der Waals surface area contributed by atoms with Gasteiger partial charge in [0.25, 0.3) is 0 Å². The highest BCUT2D eigenvalue weighted by atomic mass is 15.2. The number of aromatic nitrogens is 2. The van der Waals surface area contributed by atoms with E-state index in [1.54, 1.807) is 0 Å². The quantitative estimate of drug-likeness (QED) is 0.885. The summed E-state index contributed by atoms with van der Waals surface area (Å²) >= 11 is 0. The van der Waals surface area contributed by atoms with E-state index in [0.29, 0.717) is 5.92 Å². The van der Waals surface area contributed by atoms with Crippen molar-refractivity contribution in [3.8, 4) is 0 Å². The van der Waals surface area contributed by atoms with E-state index in [1.807, 2.05) is 6.92 Å². The van der Waals surface area contributed by atoms with Crippen LogP contribution in [0.2, 0.25) is 0 Å². The molecule has 1 N–H and O–H groups in total. The van der Waals surface area contributed by atoms with Crippen molar-refractivity contribution in [1.82, 2.24) is 14.9 Å². The first-order chi connectivity index (χ1) is 9.08. The van der Waals surface area contributed by atoms with Gasteiger partial charge in [0.05, 0.1) is 0 Å². The van der Waals surface area contributed by atoms with Crippen molar-refractivity contribution in [2.24, 2.45) is 5.92 Å². The maximum atomic E-state index is 4.60. The van der Waals surface area contributed by atoms with Crippen molar-refractivity contribution in [1.29, 1.82) is 0 Å². The molecule has 106 valence electrons. The van der Waals surface area contributed by atoms with Gasteiger partial charge in [0.15, 0.2) is 0 Å². The minimum atomic E-state index is 0.448. The Morgan fingerprint density at radius 1 is 1.42 bits per heavy atom. The Labute approximate surface area is 116 Å². The molecule has 1 atom stereocenters. The molecule has 1 unspecified atom stereocenters. The summed E-state index contributed by atoms with van der Waals surface area (Å²) in [6, 6.07) is 2.07. The van der Waals surface area contributed by atoms with E-state index in [4.69, 9.17) is 0 Å². The molecular weight excluding hydrogens is 236 g/mol. The number of nitrogens with zero attached hydrogens (tertiary/aromatic N) is 3. The van der Waals surface area contributed by atoms with Crippen LogP contribution in [-0.4, -0.2) is 41.0 Å². The Balaban J connectivity index is 1.92. The zero-order chi connectivity index (χ0) is 13.8. The summed E-state index contributed by atoms with van der Waals surface area (Å²) in [5.41, 5.74) is 2.17. The summed E-state index contributed by atoms with van der Waals surface area (Å²) in [6.45, 7) is 13.2. The van der Waals surface area contributed by atoms with Gasteiger partial charge >= 0.3 is 0 Å². The average Bonchev–Trinajstić information content (AvgIpc) is 2.83. The van der Waals surface area contributed by atoms with Gasteiger partial charge in [0.2, 0.25) is 5.95 Å². The molecular formula is C15H26N4. The Hall–Kier alpha value is -1.16. The van der Waals surface area contributed by atoms with Gasteiger partial charge in [-0.1, -0.05) is 20.8 Å². The summed E-state index contributed by atoms with van der Waals surface area (Å²) in [6.07, 6.45) is 1.28. The third kappa shape index (κ3) is 3.90.